The van der Waals surface area contributed by atoms with Crippen LogP contribution in [-0.4, -0.2) is 49.6 Å². The van der Waals surface area contributed by atoms with Crippen molar-refractivity contribution in [2.45, 2.75) is 64.5 Å². The van der Waals surface area contributed by atoms with Crippen LogP contribution in [0.3, 0.4) is 0 Å². The Morgan fingerprint density at radius 2 is 1.80 bits per heavy atom. The first-order valence-electron chi connectivity index (χ1n) is 7.68. The normalized spacial score (nSPS) is 17.8. The summed E-state index contributed by atoms with van der Waals surface area (Å²) in [7, 11) is 4.22. The van der Waals surface area contributed by atoms with Gasteiger partial charge in [0.1, 0.15) is 0 Å². The molecular formula is C15H33IN4. The van der Waals surface area contributed by atoms with Crippen LogP contribution in [-0.2, 0) is 0 Å². The number of halogens is 1. The summed E-state index contributed by atoms with van der Waals surface area (Å²) in [6.45, 7) is 8.29. The molecule has 2 N–H and O–H groups in total. The summed E-state index contributed by atoms with van der Waals surface area (Å²) in [4.78, 5) is 6.98. The van der Waals surface area contributed by atoms with Gasteiger partial charge in [0.15, 0.2) is 5.96 Å². The summed E-state index contributed by atoms with van der Waals surface area (Å²) in [5.41, 5.74) is 0.0922. The Balaban J connectivity index is 0.00000361. The third-order valence-electron chi connectivity index (χ3n) is 4.13. The van der Waals surface area contributed by atoms with Crippen LogP contribution in [0.2, 0.25) is 0 Å². The Kier molecular flexibility index (Phi) is 9.80. The van der Waals surface area contributed by atoms with Crippen molar-refractivity contribution in [3.63, 3.8) is 0 Å². The van der Waals surface area contributed by atoms with Gasteiger partial charge in [0.2, 0.25) is 0 Å². The molecule has 0 heterocycles. The van der Waals surface area contributed by atoms with Crippen LogP contribution in [0.15, 0.2) is 4.99 Å². The van der Waals surface area contributed by atoms with Crippen molar-refractivity contribution >= 4 is 29.9 Å². The van der Waals surface area contributed by atoms with Crippen molar-refractivity contribution in [1.29, 1.82) is 0 Å². The molecule has 0 bridgehead atoms. The number of hydrogen-bond acceptors (Lipinski definition) is 2. The SMILES string of the molecule is CCNC(=NCC(C)(C)N(C)C)NC1CCCCC1.I. The lowest BCUT2D eigenvalue weighted by molar-refractivity contribution is 0.204. The van der Waals surface area contributed by atoms with Crippen LogP contribution in [0.5, 0.6) is 0 Å². The van der Waals surface area contributed by atoms with Crippen molar-refractivity contribution in [3.05, 3.63) is 0 Å². The van der Waals surface area contributed by atoms with Gasteiger partial charge in [-0.2, -0.15) is 0 Å². The molecule has 1 aliphatic rings. The lowest BCUT2D eigenvalue weighted by Gasteiger charge is -2.31. The molecule has 0 aromatic carbocycles. The van der Waals surface area contributed by atoms with E-state index >= 15 is 0 Å². The molecule has 5 heteroatoms. The Hall–Kier alpha value is -0.0400. The van der Waals surface area contributed by atoms with E-state index in [2.05, 4.69) is 50.4 Å². The van der Waals surface area contributed by atoms with Crippen LogP contribution in [0.25, 0.3) is 0 Å². The standard InChI is InChI=1S/C15H32N4.HI/c1-6-16-14(17-12-15(2,3)19(4)5)18-13-10-8-7-9-11-13;/h13H,6-12H2,1-5H3,(H2,16,17,18);1H. The second-order valence-electron chi connectivity index (χ2n) is 6.38. The summed E-state index contributed by atoms with van der Waals surface area (Å²) < 4.78 is 0. The first-order valence-corrected chi connectivity index (χ1v) is 7.68. The van der Waals surface area contributed by atoms with Crippen molar-refractivity contribution in [2.75, 3.05) is 27.2 Å². The van der Waals surface area contributed by atoms with E-state index in [1.54, 1.807) is 0 Å². The van der Waals surface area contributed by atoms with Gasteiger partial charge in [0, 0.05) is 18.1 Å². The zero-order chi connectivity index (χ0) is 14.3. The summed E-state index contributed by atoms with van der Waals surface area (Å²) >= 11 is 0. The van der Waals surface area contributed by atoms with Gasteiger partial charge in [-0.25, -0.2) is 0 Å². The van der Waals surface area contributed by atoms with Gasteiger partial charge in [-0.3, -0.25) is 4.99 Å². The minimum absolute atomic E-state index is 0. The van der Waals surface area contributed by atoms with Gasteiger partial charge in [-0.1, -0.05) is 19.3 Å². The van der Waals surface area contributed by atoms with Crippen LogP contribution in [0.4, 0.5) is 0 Å². The fourth-order valence-corrected chi connectivity index (χ4v) is 2.17. The van der Waals surface area contributed by atoms with Crippen molar-refractivity contribution in [3.8, 4) is 0 Å². The van der Waals surface area contributed by atoms with Gasteiger partial charge >= 0.3 is 0 Å². The van der Waals surface area contributed by atoms with E-state index in [0.29, 0.717) is 6.04 Å². The first kappa shape index (κ1) is 20.0. The molecule has 0 aromatic heterocycles. The fraction of sp³-hybridized carbons (Fsp3) is 0.933. The molecule has 0 saturated heterocycles. The molecule has 0 aromatic rings. The highest BCUT2D eigenvalue weighted by atomic mass is 127. The van der Waals surface area contributed by atoms with Gasteiger partial charge in [0.25, 0.3) is 0 Å². The number of hydrogen-bond donors (Lipinski definition) is 2. The number of nitrogens with one attached hydrogen (secondary N) is 2. The monoisotopic (exact) mass is 396 g/mol. The van der Waals surface area contributed by atoms with Crippen LogP contribution in [0.1, 0.15) is 52.9 Å². The van der Waals surface area contributed by atoms with Gasteiger partial charge < -0.3 is 15.5 Å². The van der Waals surface area contributed by atoms with E-state index in [1.165, 1.54) is 32.1 Å². The average molecular weight is 396 g/mol. The van der Waals surface area contributed by atoms with E-state index in [9.17, 15) is 0 Å². The molecule has 1 aliphatic carbocycles. The molecule has 0 aliphatic heterocycles. The minimum atomic E-state index is 0. The molecule has 0 spiro atoms. The maximum absolute atomic E-state index is 4.75. The van der Waals surface area contributed by atoms with Crippen LogP contribution < -0.4 is 10.6 Å². The molecule has 20 heavy (non-hydrogen) atoms. The molecule has 1 fully saturated rings. The molecule has 0 atom stereocenters. The molecule has 0 radical (unpaired) electrons. The largest absolute Gasteiger partial charge is 0.357 e. The molecule has 1 rings (SSSR count). The fourth-order valence-electron chi connectivity index (χ4n) is 2.17. The van der Waals surface area contributed by atoms with Gasteiger partial charge in [-0.05, 0) is 47.7 Å². The Labute approximate surface area is 142 Å². The molecule has 0 unspecified atom stereocenters. The van der Waals surface area contributed by atoms with E-state index < -0.39 is 0 Å². The highest BCUT2D eigenvalue weighted by molar-refractivity contribution is 14.0. The van der Waals surface area contributed by atoms with E-state index in [-0.39, 0.29) is 29.5 Å². The van der Waals surface area contributed by atoms with E-state index in [0.717, 1.165) is 19.0 Å². The van der Waals surface area contributed by atoms with Crippen molar-refractivity contribution in [1.82, 2.24) is 15.5 Å². The average Bonchev–Trinajstić information content (AvgIpc) is 2.37. The quantitative estimate of drug-likeness (QED) is 0.427. The third-order valence-corrected chi connectivity index (χ3v) is 4.13. The number of nitrogens with zero attached hydrogens (tertiary/aromatic N) is 2. The molecular weight excluding hydrogens is 363 g/mol. The second kappa shape index (κ2) is 9.82. The molecule has 120 valence electrons. The summed E-state index contributed by atoms with van der Waals surface area (Å²) in [5.74, 6) is 0.976. The predicted molar refractivity (Wildman–Crippen MR) is 99.2 cm³/mol. The lowest BCUT2D eigenvalue weighted by Crippen LogP contribution is -2.46. The second-order valence-corrected chi connectivity index (χ2v) is 6.38. The first-order chi connectivity index (χ1) is 8.95. The number of likely N-dealkylation sites (N-methyl/N-ethyl adjacent to an activating group) is 1. The third kappa shape index (κ3) is 7.11. The topological polar surface area (TPSA) is 39.7 Å². The number of rotatable bonds is 5. The molecule has 4 nitrogen and oxygen atoms in total. The molecule has 1 saturated carbocycles. The zero-order valence-electron chi connectivity index (χ0n) is 13.8. The number of aliphatic imine (C=N–C) groups is 1. The van der Waals surface area contributed by atoms with E-state index in [1.807, 2.05) is 0 Å². The van der Waals surface area contributed by atoms with Crippen LogP contribution >= 0.6 is 24.0 Å². The van der Waals surface area contributed by atoms with Crippen LogP contribution in [0, 0.1) is 0 Å². The van der Waals surface area contributed by atoms with Gasteiger partial charge in [0.05, 0.1) is 6.54 Å². The highest BCUT2D eigenvalue weighted by Crippen LogP contribution is 2.17. The summed E-state index contributed by atoms with van der Waals surface area (Å²) in [6.07, 6.45) is 6.64. The Bertz CT molecular complexity index is 284. The maximum atomic E-state index is 4.75. The lowest BCUT2D eigenvalue weighted by atomic mass is 9.96. The summed E-state index contributed by atoms with van der Waals surface area (Å²) in [5, 5.41) is 6.95. The van der Waals surface area contributed by atoms with Crippen molar-refractivity contribution in [2.24, 2.45) is 4.99 Å². The smallest absolute Gasteiger partial charge is 0.191 e. The van der Waals surface area contributed by atoms with E-state index in [4.69, 9.17) is 4.99 Å². The molecule has 0 amide bonds. The highest BCUT2D eigenvalue weighted by Gasteiger charge is 2.20. The predicted octanol–water partition coefficient (Wildman–Crippen LogP) is 2.83. The number of guanidine groups is 1. The van der Waals surface area contributed by atoms with Crippen molar-refractivity contribution < 1.29 is 0 Å². The summed E-state index contributed by atoms with van der Waals surface area (Å²) in [6, 6.07) is 0.606. The minimum Gasteiger partial charge on any atom is -0.357 e. The zero-order valence-corrected chi connectivity index (χ0v) is 16.2. The Morgan fingerprint density at radius 1 is 1.20 bits per heavy atom. The maximum Gasteiger partial charge on any atom is 0.191 e. The van der Waals surface area contributed by atoms with Gasteiger partial charge in [-0.15, -0.1) is 24.0 Å². The Morgan fingerprint density at radius 3 is 2.30 bits per heavy atom.